The molecule has 1 aliphatic rings. The van der Waals surface area contributed by atoms with Gasteiger partial charge in [0.15, 0.2) is 0 Å². The molecular formula is C25H24N6O. The fourth-order valence-corrected chi connectivity index (χ4v) is 3.94. The highest BCUT2D eigenvalue weighted by Crippen LogP contribution is 2.31. The van der Waals surface area contributed by atoms with Gasteiger partial charge in [-0.2, -0.15) is 0 Å². The van der Waals surface area contributed by atoms with Crippen molar-refractivity contribution in [3.05, 3.63) is 53.6 Å². The molecule has 7 nitrogen and oxygen atoms in total. The number of aryl methyl sites for hydroxylation is 2. The van der Waals surface area contributed by atoms with Crippen LogP contribution < -0.4 is 10.6 Å². The van der Waals surface area contributed by atoms with E-state index in [9.17, 15) is 4.79 Å². The van der Waals surface area contributed by atoms with E-state index < -0.39 is 0 Å². The van der Waals surface area contributed by atoms with E-state index in [1.54, 1.807) is 12.4 Å². The minimum Gasteiger partial charge on any atom is -0.373 e. The molecule has 0 spiro atoms. The number of nitrogens with one attached hydrogen (secondary N) is 2. The lowest BCUT2D eigenvalue weighted by Gasteiger charge is -2.09. The summed E-state index contributed by atoms with van der Waals surface area (Å²) >= 11 is 0. The molecule has 0 saturated heterocycles. The number of rotatable bonds is 4. The Labute approximate surface area is 186 Å². The maximum absolute atomic E-state index is 12.2. The summed E-state index contributed by atoms with van der Waals surface area (Å²) < 4.78 is 2.19. The summed E-state index contributed by atoms with van der Waals surface area (Å²) in [7, 11) is 1.82. The average Bonchev–Trinajstić information content (AvgIpc) is 3.60. The van der Waals surface area contributed by atoms with Crippen molar-refractivity contribution in [3.8, 4) is 11.8 Å². The molecule has 0 unspecified atom stereocenters. The second-order valence-corrected chi connectivity index (χ2v) is 8.01. The number of amides is 1. The summed E-state index contributed by atoms with van der Waals surface area (Å²) in [5.74, 6) is 8.91. The van der Waals surface area contributed by atoms with Crippen molar-refractivity contribution in [2.45, 2.75) is 33.2 Å². The van der Waals surface area contributed by atoms with Crippen LogP contribution in [0.4, 0.5) is 11.6 Å². The Bertz CT molecular complexity index is 1420. The number of anilines is 2. The topological polar surface area (TPSA) is 84.7 Å². The zero-order chi connectivity index (χ0) is 22.2. The Balaban J connectivity index is 1.54. The molecule has 1 amide bonds. The summed E-state index contributed by atoms with van der Waals surface area (Å²) in [6.07, 6.45) is 5.38. The van der Waals surface area contributed by atoms with Crippen molar-refractivity contribution < 1.29 is 4.79 Å². The SMILES string of the molecule is CCn1c(C)nc2cc(C#Cc3cnc(NC)c4cnc(NC(=O)C5CC5)cc34)ccc21. The van der Waals surface area contributed by atoms with Gasteiger partial charge in [0.2, 0.25) is 5.91 Å². The maximum atomic E-state index is 12.2. The molecule has 32 heavy (non-hydrogen) atoms. The van der Waals surface area contributed by atoms with E-state index in [0.29, 0.717) is 5.82 Å². The summed E-state index contributed by atoms with van der Waals surface area (Å²) in [5.41, 5.74) is 3.72. The number of carbonyl (C=O) groups excluding carboxylic acids is 1. The largest absolute Gasteiger partial charge is 0.373 e. The van der Waals surface area contributed by atoms with Gasteiger partial charge in [0.05, 0.1) is 16.6 Å². The Morgan fingerprint density at radius 3 is 2.75 bits per heavy atom. The highest BCUT2D eigenvalue weighted by molar-refractivity contribution is 5.99. The third-order valence-electron chi connectivity index (χ3n) is 5.81. The maximum Gasteiger partial charge on any atom is 0.228 e. The normalized spacial score (nSPS) is 13.1. The molecule has 1 aliphatic carbocycles. The molecule has 0 atom stereocenters. The molecule has 5 rings (SSSR count). The van der Waals surface area contributed by atoms with Crippen LogP contribution in [0, 0.1) is 24.7 Å². The van der Waals surface area contributed by atoms with Crippen LogP contribution in [0.3, 0.4) is 0 Å². The second kappa shape index (κ2) is 7.97. The monoisotopic (exact) mass is 424 g/mol. The van der Waals surface area contributed by atoms with Gasteiger partial charge in [-0.1, -0.05) is 11.8 Å². The van der Waals surface area contributed by atoms with Crippen LogP contribution in [0.25, 0.3) is 21.8 Å². The number of hydrogen-bond acceptors (Lipinski definition) is 5. The molecule has 7 heteroatoms. The van der Waals surface area contributed by atoms with Crippen LogP contribution in [-0.4, -0.2) is 32.5 Å². The van der Waals surface area contributed by atoms with Crippen LogP contribution >= 0.6 is 0 Å². The Morgan fingerprint density at radius 2 is 2.00 bits per heavy atom. The second-order valence-electron chi connectivity index (χ2n) is 8.01. The van der Waals surface area contributed by atoms with Gasteiger partial charge in [0.25, 0.3) is 0 Å². The molecule has 1 fully saturated rings. The van der Waals surface area contributed by atoms with Gasteiger partial charge in [-0.05, 0) is 51.0 Å². The smallest absolute Gasteiger partial charge is 0.228 e. The lowest BCUT2D eigenvalue weighted by molar-refractivity contribution is -0.117. The van der Waals surface area contributed by atoms with Crippen LogP contribution in [0.15, 0.2) is 36.7 Å². The summed E-state index contributed by atoms with van der Waals surface area (Å²) in [6.45, 7) is 5.02. The van der Waals surface area contributed by atoms with Crippen molar-refractivity contribution >= 4 is 39.3 Å². The minimum atomic E-state index is 0.0301. The zero-order valence-corrected chi connectivity index (χ0v) is 18.4. The summed E-state index contributed by atoms with van der Waals surface area (Å²) in [5, 5.41) is 7.77. The molecule has 0 bridgehead atoms. The number of imidazole rings is 1. The van der Waals surface area contributed by atoms with Crippen molar-refractivity contribution in [1.82, 2.24) is 19.5 Å². The van der Waals surface area contributed by atoms with Crippen LogP contribution in [-0.2, 0) is 11.3 Å². The highest BCUT2D eigenvalue weighted by atomic mass is 16.2. The molecule has 2 N–H and O–H groups in total. The third-order valence-corrected chi connectivity index (χ3v) is 5.81. The fraction of sp³-hybridized carbons (Fsp3) is 0.280. The molecule has 1 saturated carbocycles. The van der Waals surface area contributed by atoms with Gasteiger partial charge in [0, 0.05) is 48.2 Å². The molecule has 0 aliphatic heterocycles. The van der Waals surface area contributed by atoms with Crippen molar-refractivity contribution in [3.63, 3.8) is 0 Å². The number of carbonyl (C=O) groups is 1. The van der Waals surface area contributed by atoms with Gasteiger partial charge in [-0.15, -0.1) is 0 Å². The van der Waals surface area contributed by atoms with E-state index >= 15 is 0 Å². The van der Waals surface area contributed by atoms with Gasteiger partial charge >= 0.3 is 0 Å². The first-order valence-electron chi connectivity index (χ1n) is 10.8. The van der Waals surface area contributed by atoms with Gasteiger partial charge in [-0.25, -0.2) is 15.0 Å². The Morgan fingerprint density at radius 1 is 1.16 bits per heavy atom. The summed E-state index contributed by atoms with van der Waals surface area (Å²) in [6, 6.07) is 7.97. The molecular weight excluding hydrogens is 400 g/mol. The first kappa shape index (κ1) is 20.0. The van der Waals surface area contributed by atoms with E-state index in [1.807, 2.05) is 32.2 Å². The predicted molar refractivity (Wildman–Crippen MR) is 127 cm³/mol. The number of fused-ring (bicyclic) bond motifs is 2. The number of aromatic nitrogens is 4. The first-order chi connectivity index (χ1) is 15.6. The average molecular weight is 425 g/mol. The third kappa shape index (κ3) is 3.65. The standard InChI is InChI=1S/C25H24N6O/c1-4-31-15(2)29-21-11-16(6-10-22(21)31)5-7-18-13-28-24(26-3)20-14-27-23(12-19(18)20)30-25(32)17-8-9-17/h6,10-14,17H,4,8-9H2,1-3H3,(H,26,28)(H,27,30,32). The van der Waals surface area contributed by atoms with Gasteiger partial charge in [-0.3, -0.25) is 4.79 Å². The van der Waals surface area contributed by atoms with Gasteiger partial charge < -0.3 is 15.2 Å². The number of benzene rings is 1. The minimum absolute atomic E-state index is 0.0301. The number of hydrogen-bond donors (Lipinski definition) is 2. The van der Waals surface area contributed by atoms with Crippen LogP contribution in [0.1, 0.15) is 36.7 Å². The van der Waals surface area contributed by atoms with E-state index in [1.165, 1.54) is 0 Å². The quantitative estimate of drug-likeness (QED) is 0.482. The molecule has 3 heterocycles. The molecule has 4 aromatic rings. The molecule has 3 aromatic heterocycles. The molecule has 1 aromatic carbocycles. The first-order valence-corrected chi connectivity index (χ1v) is 10.8. The highest BCUT2D eigenvalue weighted by Gasteiger charge is 2.29. The molecule has 0 radical (unpaired) electrons. The lowest BCUT2D eigenvalue weighted by atomic mass is 10.1. The van der Waals surface area contributed by atoms with Crippen molar-refractivity contribution in [2.75, 3.05) is 17.7 Å². The lowest BCUT2D eigenvalue weighted by Crippen LogP contribution is -2.14. The van der Waals surface area contributed by atoms with E-state index in [-0.39, 0.29) is 11.8 Å². The Kier molecular flexibility index (Phi) is 4.98. The van der Waals surface area contributed by atoms with Crippen LogP contribution in [0.5, 0.6) is 0 Å². The number of nitrogens with zero attached hydrogens (tertiary/aromatic N) is 4. The van der Waals surface area contributed by atoms with Crippen LogP contribution in [0.2, 0.25) is 0 Å². The molecule has 160 valence electrons. The predicted octanol–water partition coefficient (Wildman–Crippen LogP) is 4.10. The van der Waals surface area contributed by atoms with E-state index in [0.717, 1.165) is 64.0 Å². The van der Waals surface area contributed by atoms with E-state index in [2.05, 4.69) is 55.0 Å². The fourth-order valence-electron chi connectivity index (χ4n) is 3.94. The van der Waals surface area contributed by atoms with Gasteiger partial charge in [0.1, 0.15) is 17.5 Å². The zero-order valence-electron chi connectivity index (χ0n) is 18.4. The van der Waals surface area contributed by atoms with E-state index in [4.69, 9.17) is 0 Å². The Hall–Kier alpha value is -3.92. The summed E-state index contributed by atoms with van der Waals surface area (Å²) in [4.78, 5) is 25.7. The van der Waals surface area contributed by atoms with Crippen molar-refractivity contribution in [1.29, 1.82) is 0 Å². The number of pyridine rings is 2. The van der Waals surface area contributed by atoms with Crippen molar-refractivity contribution in [2.24, 2.45) is 5.92 Å².